The smallest absolute Gasteiger partial charge is 0.338 e. The van der Waals surface area contributed by atoms with Gasteiger partial charge in [0.2, 0.25) is 5.75 Å². The molecule has 136 valence electrons. The predicted octanol–water partition coefficient (Wildman–Crippen LogP) is 2.29. The fourth-order valence-corrected chi connectivity index (χ4v) is 2.49. The molecule has 0 N–H and O–H groups in total. The van der Waals surface area contributed by atoms with Crippen molar-refractivity contribution in [2.24, 2.45) is 0 Å². The lowest BCUT2D eigenvalue weighted by Crippen LogP contribution is -2.31. The van der Waals surface area contributed by atoms with Crippen molar-refractivity contribution >= 4 is 17.6 Å². The number of anilines is 1. The number of benzene rings is 2. The van der Waals surface area contributed by atoms with Crippen LogP contribution in [0.2, 0.25) is 0 Å². The van der Waals surface area contributed by atoms with Crippen molar-refractivity contribution < 1.29 is 28.5 Å². The van der Waals surface area contributed by atoms with Gasteiger partial charge in [-0.1, -0.05) is 18.2 Å². The minimum absolute atomic E-state index is 0.223. The van der Waals surface area contributed by atoms with Gasteiger partial charge in [-0.2, -0.15) is 0 Å². The number of para-hydroxylation sites is 1. The Balaban J connectivity index is 1.67. The molecule has 3 rings (SSSR count). The van der Waals surface area contributed by atoms with E-state index in [0.29, 0.717) is 30.5 Å². The number of carbonyl (C=O) groups excluding carboxylic acids is 2. The molecule has 7 nitrogen and oxygen atoms in total. The Morgan fingerprint density at radius 1 is 1.12 bits per heavy atom. The van der Waals surface area contributed by atoms with E-state index < -0.39 is 5.97 Å². The summed E-state index contributed by atoms with van der Waals surface area (Å²) in [6.07, 6.45) is 0. The minimum Gasteiger partial charge on any atom is -0.493 e. The van der Waals surface area contributed by atoms with Crippen molar-refractivity contribution in [3.8, 4) is 17.2 Å². The molecular formula is C19H19NO6. The molecule has 2 aromatic rings. The zero-order valence-corrected chi connectivity index (χ0v) is 14.6. The quantitative estimate of drug-likeness (QED) is 0.765. The van der Waals surface area contributed by atoms with Crippen LogP contribution in [0, 0.1) is 0 Å². The Kier molecular flexibility index (Phi) is 5.26. The van der Waals surface area contributed by atoms with Gasteiger partial charge in [0.1, 0.15) is 13.2 Å². The standard InChI is InChI=1S/C19H19NO6/c1-20(14-6-4-3-5-7-14)17(21)12-26-19(22)13-10-15(23-2)18-16(11-13)24-8-9-25-18/h3-7,10-11H,8-9,12H2,1-2H3. The molecule has 1 heterocycles. The molecule has 0 saturated carbocycles. The summed E-state index contributed by atoms with van der Waals surface area (Å²) < 4.78 is 21.4. The van der Waals surface area contributed by atoms with Gasteiger partial charge in [0.25, 0.3) is 5.91 Å². The number of ether oxygens (including phenoxy) is 4. The maximum absolute atomic E-state index is 12.3. The zero-order valence-electron chi connectivity index (χ0n) is 14.6. The monoisotopic (exact) mass is 357 g/mol. The highest BCUT2D eigenvalue weighted by Gasteiger charge is 2.22. The molecule has 0 saturated heterocycles. The predicted molar refractivity (Wildman–Crippen MR) is 94.1 cm³/mol. The summed E-state index contributed by atoms with van der Waals surface area (Å²) in [5, 5.41) is 0. The number of esters is 1. The summed E-state index contributed by atoms with van der Waals surface area (Å²) >= 11 is 0. The third-order valence-electron chi connectivity index (χ3n) is 3.91. The number of methoxy groups -OCH3 is 1. The fraction of sp³-hybridized carbons (Fsp3) is 0.263. The average Bonchev–Trinajstić information content (AvgIpc) is 2.70. The number of carbonyl (C=O) groups is 2. The Morgan fingerprint density at radius 3 is 2.58 bits per heavy atom. The SMILES string of the molecule is COc1cc(C(=O)OCC(=O)N(C)c2ccccc2)cc2c1OCCO2. The molecule has 0 atom stereocenters. The Morgan fingerprint density at radius 2 is 1.85 bits per heavy atom. The first-order chi connectivity index (χ1) is 12.6. The van der Waals surface area contributed by atoms with Crippen LogP contribution in [0.3, 0.4) is 0 Å². The molecule has 0 aromatic heterocycles. The van der Waals surface area contributed by atoms with Gasteiger partial charge in [0, 0.05) is 12.7 Å². The third kappa shape index (κ3) is 3.72. The molecule has 0 unspecified atom stereocenters. The molecular weight excluding hydrogens is 338 g/mol. The first kappa shape index (κ1) is 17.6. The van der Waals surface area contributed by atoms with Gasteiger partial charge < -0.3 is 23.8 Å². The van der Waals surface area contributed by atoms with E-state index in [9.17, 15) is 9.59 Å². The molecule has 2 aromatic carbocycles. The highest BCUT2D eigenvalue weighted by molar-refractivity contribution is 5.97. The lowest BCUT2D eigenvalue weighted by Gasteiger charge is -2.21. The van der Waals surface area contributed by atoms with Crippen molar-refractivity contribution in [3.05, 3.63) is 48.0 Å². The number of fused-ring (bicyclic) bond motifs is 1. The van der Waals surface area contributed by atoms with Gasteiger partial charge in [-0.05, 0) is 24.3 Å². The van der Waals surface area contributed by atoms with Crippen LogP contribution >= 0.6 is 0 Å². The summed E-state index contributed by atoms with van der Waals surface area (Å²) in [7, 11) is 3.10. The van der Waals surface area contributed by atoms with Crippen LogP contribution in [-0.4, -0.2) is 45.9 Å². The number of hydrogen-bond acceptors (Lipinski definition) is 6. The highest BCUT2D eigenvalue weighted by Crippen LogP contribution is 2.40. The van der Waals surface area contributed by atoms with E-state index in [1.165, 1.54) is 24.1 Å². The first-order valence-corrected chi connectivity index (χ1v) is 8.06. The van der Waals surface area contributed by atoms with Gasteiger partial charge in [0.05, 0.1) is 12.7 Å². The van der Waals surface area contributed by atoms with Gasteiger partial charge in [-0.15, -0.1) is 0 Å². The Hall–Kier alpha value is -3.22. The number of rotatable bonds is 5. The summed E-state index contributed by atoms with van der Waals surface area (Å²) in [4.78, 5) is 26.0. The Labute approximate surface area is 151 Å². The summed E-state index contributed by atoms with van der Waals surface area (Å²) in [6.45, 7) is 0.420. The number of amides is 1. The van der Waals surface area contributed by atoms with E-state index in [1.54, 1.807) is 19.2 Å². The number of nitrogens with zero attached hydrogens (tertiary/aromatic N) is 1. The summed E-state index contributed by atoms with van der Waals surface area (Å²) in [5.41, 5.74) is 0.941. The molecule has 0 aliphatic carbocycles. The van der Waals surface area contributed by atoms with Crippen molar-refractivity contribution in [1.82, 2.24) is 0 Å². The minimum atomic E-state index is -0.643. The summed E-state index contributed by atoms with van der Waals surface area (Å²) in [6, 6.07) is 12.1. The second kappa shape index (κ2) is 7.77. The third-order valence-corrected chi connectivity index (χ3v) is 3.91. The van der Waals surface area contributed by atoms with E-state index in [0.717, 1.165) is 5.69 Å². The molecule has 1 aliphatic heterocycles. The number of likely N-dealkylation sites (N-methyl/N-ethyl adjacent to an activating group) is 1. The largest absolute Gasteiger partial charge is 0.493 e. The van der Waals surface area contributed by atoms with E-state index in [2.05, 4.69) is 0 Å². The first-order valence-electron chi connectivity index (χ1n) is 8.06. The van der Waals surface area contributed by atoms with Crippen molar-refractivity contribution in [1.29, 1.82) is 0 Å². The molecule has 26 heavy (non-hydrogen) atoms. The maximum atomic E-state index is 12.3. The average molecular weight is 357 g/mol. The molecule has 0 fully saturated rings. The zero-order chi connectivity index (χ0) is 18.5. The van der Waals surface area contributed by atoms with Gasteiger partial charge >= 0.3 is 5.97 Å². The van der Waals surface area contributed by atoms with E-state index in [1.807, 2.05) is 18.2 Å². The van der Waals surface area contributed by atoms with Crippen molar-refractivity contribution in [2.75, 3.05) is 38.9 Å². The second-order valence-corrected chi connectivity index (χ2v) is 5.57. The van der Waals surface area contributed by atoms with E-state index >= 15 is 0 Å². The lowest BCUT2D eigenvalue weighted by molar-refractivity contribution is -0.121. The van der Waals surface area contributed by atoms with Gasteiger partial charge in [-0.3, -0.25) is 4.79 Å². The number of hydrogen-bond donors (Lipinski definition) is 0. The van der Waals surface area contributed by atoms with Crippen LogP contribution in [0.15, 0.2) is 42.5 Å². The van der Waals surface area contributed by atoms with Gasteiger partial charge in [-0.25, -0.2) is 4.79 Å². The topological polar surface area (TPSA) is 74.3 Å². The lowest BCUT2D eigenvalue weighted by atomic mass is 10.1. The fourth-order valence-electron chi connectivity index (χ4n) is 2.49. The van der Waals surface area contributed by atoms with Crippen LogP contribution in [0.4, 0.5) is 5.69 Å². The van der Waals surface area contributed by atoms with Gasteiger partial charge in [0.15, 0.2) is 18.1 Å². The maximum Gasteiger partial charge on any atom is 0.338 e. The second-order valence-electron chi connectivity index (χ2n) is 5.57. The normalized spacial score (nSPS) is 12.2. The summed E-state index contributed by atoms with van der Waals surface area (Å²) in [5.74, 6) is 0.261. The molecule has 7 heteroatoms. The molecule has 1 amide bonds. The van der Waals surface area contributed by atoms with E-state index in [-0.39, 0.29) is 18.1 Å². The van der Waals surface area contributed by atoms with E-state index in [4.69, 9.17) is 18.9 Å². The molecule has 1 aliphatic rings. The molecule has 0 radical (unpaired) electrons. The van der Waals surface area contributed by atoms with Crippen LogP contribution in [0.25, 0.3) is 0 Å². The van der Waals surface area contributed by atoms with Crippen LogP contribution in [-0.2, 0) is 9.53 Å². The molecule has 0 bridgehead atoms. The van der Waals surface area contributed by atoms with Crippen molar-refractivity contribution in [2.45, 2.75) is 0 Å². The van der Waals surface area contributed by atoms with Crippen LogP contribution in [0.5, 0.6) is 17.2 Å². The van der Waals surface area contributed by atoms with Crippen molar-refractivity contribution in [3.63, 3.8) is 0 Å². The van der Waals surface area contributed by atoms with Crippen LogP contribution < -0.4 is 19.1 Å². The Bertz CT molecular complexity index is 788. The highest BCUT2D eigenvalue weighted by atomic mass is 16.6. The molecule has 0 spiro atoms. The van der Waals surface area contributed by atoms with Crippen LogP contribution in [0.1, 0.15) is 10.4 Å².